The second-order valence-electron chi connectivity index (χ2n) is 9.56. The van der Waals surface area contributed by atoms with Crippen molar-refractivity contribution in [3.8, 4) is 0 Å². The number of amides is 1. The van der Waals surface area contributed by atoms with E-state index in [0.29, 0.717) is 12.5 Å². The highest BCUT2D eigenvalue weighted by atomic mass is 16.6. The first-order valence-electron chi connectivity index (χ1n) is 10.5. The van der Waals surface area contributed by atoms with Gasteiger partial charge in [0, 0.05) is 45.3 Å². The highest BCUT2D eigenvalue weighted by Gasteiger charge is 2.28. The molecule has 1 N–H and O–H groups in total. The average molecular weight is 398 g/mol. The molecule has 1 saturated heterocycles. The number of guanidine groups is 1. The lowest BCUT2D eigenvalue weighted by Crippen LogP contribution is -2.53. The summed E-state index contributed by atoms with van der Waals surface area (Å²) in [5.41, 5.74) is -0.393. The number of rotatable bonds is 6. The number of nitrogens with one attached hydrogen (secondary N) is 1. The molecule has 0 atom stereocenters. The van der Waals surface area contributed by atoms with Crippen LogP contribution in [0.1, 0.15) is 54.4 Å². The molecule has 0 saturated carbocycles. The van der Waals surface area contributed by atoms with Crippen molar-refractivity contribution in [1.29, 1.82) is 0 Å². The predicted molar refractivity (Wildman–Crippen MR) is 117 cm³/mol. The molecular formula is C21H43N5O2. The van der Waals surface area contributed by atoms with Crippen molar-refractivity contribution in [1.82, 2.24) is 20.0 Å². The molecule has 164 valence electrons. The van der Waals surface area contributed by atoms with Gasteiger partial charge in [-0.05, 0) is 74.4 Å². The fourth-order valence-electron chi connectivity index (χ4n) is 3.08. The SMILES string of the molecule is CCN(CC1CCN(C(=NC)NCC(C)(C)N(C)C)CC1)C(=O)OC(C)(C)C. The molecule has 1 aliphatic rings. The molecule has 1 fully saturated rings. The van der Waals surface area contributed by atoms with Gasteiger partial charge in [-0.25, -0.2) is 4.79 Å². The van der Waals surface area contributed by atoms with Gasteiger partial charge in [-0.15, -0.1) is 0 Å². The minimum Gasteiger partial charge on any atom is -0.444 e. The van der Waals surface area contributed by atoms with Crippen molar-refractivity contribution in [2.75, 3.05) is 53.9 Å². The van der Waals surface area contributed by atoms with E-state index in [1.54, 1.807) is 0 Å². The van der Waals surface area contributed by atoms with Crippen molar-refractivity contribution in [2.45, 2.75) is 65.5 Å². The van der Waals surface area contributed by atoms with E-state index in [9.17, 15) is 4.79 Å². The standard InChI is InChI=1S/C21H43N5O2/c1-10-25(19(27)28-20(2,3)4)15-17-11-13-26(14-12-17)18(22-7)23-16-21(5,6)24(8)9/h17H,10-16H2,1-9H3,(H,22,23). The van der Waals surface area contributed by atoms with Gasteiger partial charge in [0.1, 0.15) is 5.60 Å². The number of carbonyl (C=O) groups excluding carboxylic acids is 1. The van der Waals surface area contributed by atoms with Crippen LogP contribution in [-0.4, -0.2) is 91.8 Å². The zero-order chi connectivity index (χ0) is 21.5. The van der Waals surface area contributed by atoms with Crippen molar-refractivity contribution >= 4 is 12.1 Å². The van der Waals surface area contributed by atoms with Crippen LogP contribution in [0.3, 0.4) is 0 Å². The van der Waals surface area contributed by atoms with Crippen LogP contribution in [0, 0.1) is 5.92 Å². The topological polar surface area (TPSA) is 60.4 Å². The second kappa shape index (κ2) is 10.3. The third-order valence-corrected chi connectivity index (χ3v) is 5.53. The van der Waals surface area contributed by atoms with Gasteiger partial charge in [-0.3, -0.25) is 4.99 Å². The van der Waals surface area contributed by atoms with E-state index in [-0.39, 0.29) is 11.6 Å². The third-order valence-electron chi connectivity index (χ3n) is 5.53. The molecule has 1 aliphatic heterocycles. The van der Waals surface area contributed by atoms with E-state index in [4.69, 9.17) is 4.74 Å². The summed E-state index contributed by atoms with van der Waals surface area (Å²) in [6.45, 7) is 16.4. The fourth-order valence-corrected chi connectivity index (χ4v) is 3.08. The van der Waals surface area contributed by atoms with Gasteiger partial charge >= 0.3 is 6.09 Å². The quantitative estimate of drug-likeness (QED) is 0.552. The summed E-state index contributed by atoms with van der Waals surface area (Å²) < 4.78 is 5.54. The van der Waals surface area contributed by atoms with Gasteiger partial charge in [0.15, 0.2) is 5.96 Å². The molecule has 0 radical (unpaired) electrons. The van der Waals surface area contributed by atoms with E-state index in [2.05, 4.69) is 48.1 Å². The second-order valence-corrected chi connectivity index (χ2v) is 9.56. The van der Waals surface area contributed by atoms with E-state index >= 15 is 0 Å². The third kappa shape index (κ3) is 7.86. The minimum atomic E-state index is -0.452. The number of aliphatic imine (C=N–C) groups is 1. The molecule has 7 heteroatoms. The van der Waals surface area contributed by atoms with Gasteiger partial charge in [-0.2, -0.15) is 0 Å². The van der Waals surface area contributed by atoms with E-state index in [1.165, 1.54) is 0 Å². The Morgan fingerprint density at radius 3 is 2.18 bits per heavy atom. The van der Waals surface area contributed by atoms with Crippen LogP contribution in [0.25, 0.3) is 0 Å². The summed E-state index contributed by atoms with van der Waals surface area (Å²) in [6.07, 6.45) is 1.90. The molecule has 7 nitrogen and oxygen atoms in total. The number of hydrogen-bond donors (Lipinski definition) is 1. The van der Waals surface area contributed by atoms with Gasteiger partial charge in [-0.1, -0.05) is 0 Å². The lowest BCUT2D eigenvalue weighted by Gasteiger charge is -2.38. The number of likely N-dealkylation sites (tertiary alicyclic amines) is 1. The number of ether oxygens (including phenoxy) is 1. The summed E-state index contributed by atoms with van der Waals surface area (Å²) in [5, 5.41) is 3.52. The van der Waals surface area contributed by atoms with Crippen LogP contribution < -0.4 is 5.32 Å². The molecule has 1 amide bonds. The molecular weight excluding hydrogens is 354 g/mol. The van der Waals surface area contributed by atoms with Crippen LogP contribution in [0.5, 0.6) is 0 Å². The highest BCUT2D eigenvalue weighted by Crippen LogP contribution is 2.20. The smallest absolute Gasteiger partial charge is 0.410 e. The van der Waals surface area contributed by atoms with Crippen molar-refractivity contribution in [3.05, 3.63) is 0 Å². The Morgan fingerprint density at radius 2 is 1.75 bits per heavy atom. The fraction of sp³-hybridized carbons (Fsp3) is 0.905. The molecule has 0 aliphatic carbocycles. The monoisotopic (exact) mass is 397 g/mol. The summed E-state index contributed by atoms with van der Waals surface area (Å²) in [4.78, 5) is 23.2. The number of piperidine rings is 1. The molecule has 28 heavy (non-hydrogen) atoms. The van der Waals surface area contributed by atoms with Gasteiger partial charge in [0.25, 0.3) is 0 Å². The summed E-state index contributed by atoms with van der Waals surface area (Å²) in [5.74, 6) is 1.47. The van der Waals surface area contributed by atoms with E-state index in [1.807, 2.05) is 39.6 Å². The lowest BCUT2D eigenvalue weighted by molar-refractivity contribution is 0.0214. The largest absolute Gasteiger partial charge is 0.444 e. The minimum absolute atomic E-state index is 0.0588. The Balaban J connectivity index is 2.53. The maximum absolute atomic E-state index is 12.4. The van der Waals surface area contributed by atoms with Gasteiger partial charge in [0.05, 0.1) is 0 Å². The molecule has 0 spiro atoms. The Kier molecular flexibility index (Phi) is 9.05. The first-order chi connectivity index (χ1) is 12.9. The van der Waals surface area contributed by atoms with Crippen molar-refractivity contribution in [2.24, 2.45) is 10.9 Å². The summed E-state index contributed by atoms with van der Waals surface area (Å²) in [6, 6.07) is 0. The molecule has 0 aromatic rings. The molecule has 0 aromatic carbocycles. The molecule has 0 bridgehead atoms. The first kappa shape index (κ1) is 24.5. The number of nitrogens with zero attached hydrogens (tertiary/aromatic N) is 4. The Hall–Kier alpha value is -1.50. The number of likely N-dealkylation sites (N-methyl/N-ethyl adjacent to an activating group) is 1. The number of carbonyl (C=O) groups is 1. The van der Waals surface area contributed by atoms with Crippen LogP contribution >= 0.6 is 0 Å². The van der Waals surface area contributed by atoms with Gasteiger partial charge in [0.2, 0.25) is 0 Å². The Bertz CT molecular complexity index is 517. The number of hydrogen-bond acceptors (Lipinski definition) is 4. The van der Waals surface area contributed by atoms with Crippen LogP contribution in [0.4, 0.5) is 4.79 Å². The first-order valence-corrected chi connectivity index (χ1v) is 10.5. The molecule has 0 unspecified atom stereocenters. The Labute approximate surface area is 172 Å². The molecule has 0 aromatic heterocycles. The van der Waals surface area contributed by atoms with E-state index < -0.39 is 5.60 Å². The van der Waals surface area contributed by atoms with E-state index in [0.717, 1.165) is 45.0 Å². The summed E-state index contributed by atoms with van der Waals surface area (Å²) in [7, 11) is 6.04. The lowest BCUT2D eigenvalue weighted by atomic mass is 9.96. The maximum atomic E-state index is 12.4. The van der Waals surface area contributed by atoms with Crippen molar-refractivity contribution < 1.29 is 9.53 Å². The molecule has 1 rings (SSSR count). The normalized spacial score (nSPS) is 17.1. The average Bonchev–Trinajstić information content (AvgIpc) is 2.59. The van der Waals surface area contributed by atoms with Gasteiger partial charge < -0.3 is 24.8 Å². The zero-order valence-corrected chi connectivity index (χ0v) is 19.6. The highest BCUT2D eigenvalue weighted by molar-refractivity contribution is 5.80. The van der Waals surface area contributed by atoms with Crippen LogP contribution in [0.15, 0.2) is 4.99 Å². The maximum Gasteiger partial charge on any atom is 0.410 e. The van der Waals surface area contributed by atoms with Crippen molar-refractivity contribution in [3.63, 3.8) is 0 Å². The predicted octanol–water partition coefficient (Wildman–Crippen LogP) is 2.87. The Morgan fingerprint density at radius 1 is 1.18 bits per heavy atom. The van der Waals surface area contributed by atoms with Crippen LogP contribution in [0.2, 0.25) is 0 Å². The molecule has 1 heterocycles. The summed E-state index contributed by atoms with van der Waals surface area (Å²) >= 11 is 0. The zero-order valence-electron chi connectivity index (χ0n) is 19.6. The van der Waals surface area contributed by atoms with Crippen LogP contribution in [-0.2, 0) is 4.74 Å².